The van der Waals surface area contributed by atoms with E-state index in [1.165, 1.54) is 12.1 Å². The lowest BCUT2D eigenvalue weighted by Gasteiger charge is -1.93. The van der Waals surface area contributed by atoms with Crippen molar-refractivity contribution in [1.29, 1.82) is 0 Å². The number of fused-ring (bicyclic) bond motifs is 1. The smallest absolute Gasteiger partial charge is 0.271 e. The summed E-state index contributed by atoms with van der Waals surface area (Å²) >= 11 is 0. The lowest BCUT2D eigenvalue weighted by atomic mass is 10.2. The fourth-order valence-corrected chi connectivity index (χ4v) is 1.07. The van der Waals surface area contributed by atoms with Crippen LogP contribution in [0.5, 0.6) is 0 Å². The molecule has 1 aromatic carbocycles. The van der Waals surface area contributed by atoms with Crippen molar-refractivity contribution < 1.29 is 4.39 Å². The molecule has 12 heavy (non-hydrogen) atoms. The maximum Gasteiger partial charge on any atom is 0.271 e. The standard InChI is InChI=1S/C7H6FN3O/c8-4-2-6-3(1-5(4)9)7(12)11-10-6/h1-2H,9H2,(H2,10,11,12). The van der Waals surface area contributed by atoms with Crippen LogP contribution in [-0.2, 0) is 0 Å². The molecule has 0 aliphatic rings. The monoisotopic (exact) mass is 167 g/mol. The molecular weight excluding hydrogens is 161 g/mol. The fourth-order valence-electron chi connectivity index (χ4n) is 1.07. The van der Waals surface area contributed by atoms with Crippen LogP contribution in [-0.4, -0.2) is 10.2 Å². The van der Waals surface area contributed by atoms with Gasteiger partial charge in [-0.3, -0.25) is 15.0 Å². The summed E-state index contributed by atoms with van der Waals surface area (Å²) in [6.45, 7) is 0. The average molecular weight is 167 g/mol. The molecule has 2 aromatic rings. The molecule has 0 fully saturated rings. The van der Waals surface area contributed by atoms with Gasteiger partial charge in [-0.25, -0.2) is 4.39 Å². The highest BCUT2D eigenvalue weighted by molar-refractivity contribution is 5.81. The van der Waals surface area contributed by atoms with Gasteiger partial charge in [0.1, 0.15) is 5.82 Å². The first-order valence-electron chi connectivity index (χ1n) is 3.34. The van der Waals surface area contributed by atoms with Crippen LogP contribution < -0.4 is 11.3 Å². The molecule has 5 heteroatoms. The molecule has 4 nitrogen and oxygen atoms in total. The predicted octanol–water partition coefficient (Wildman–Crippen LogP) is 0.577. The Balaban J connectivity index is 2.97. The molecule has 0 saturated carbocycles. The number of nitrogen functional groups attached to an aromatic ring is 1. The molecule has 0 bridgehead atoms. The van der Waals surface area contributed by atoms with Crippen molar-refractivity contribution in [2.24, 2.45) is 0 Å². The van der Waals surface area contributed by atoms with E-state index in [0.29, 0.717) is 10.9 Å². The van der Waals surface area contributed by atoms with E-state index >= 15 is 0 Å². The molecule has 0 saturated heterocycles. The molecular formula is C7H6FN3O. The maximum absolute atomic E-state index is 12.8. The van der Waals surface area contributed by atoms with Gasteiger partial charge >= 0.3 is 0 Å². The lowest BCUT2D eigenvalue weighted by molar-refractivity contribution is 0.634. The Morgan fingerprint density at radius 1 is 1.33 bits per heavy atom. The molecule has 0 unspecified atom stereocenters. The van der Waals surface area contributed by atoms with E-state index < -0.39 is 5.82 Å². The molecule has 0 spiro atoms. The van der Waals surface area contributed by atoms with E-state index in [4.69, 9.17) is 5.73 Å². The summed E-state index contributed by atoms with van der Waals surface area (Å²) in [4.78, 5) is 11.0. The molecule has 0 atom stereocenters. The summed E-state index contributed by atoms with van der Waals surface area (Å²) in [6.07, 6.45) is 0. The Morgan fingerprint density at radius 3 is 2.83 bits per heavy atom. The predicted molar refractivity (Wildman–Crippen MR) is 43.3 cm³/mol. The molecule has 0 amide bonds. The minimum Gasteiger partial charge on any atom is -0.396 e. The zero-order valence-electron chi connectivity index (χ0n) is 6.02. The van der Waals surface area contributed by atoms with Gasteiger partial charge in [0.15, 0.2) is 0 Å². The van der Waals surface area contributed by atoms with Gasteiger partial charge in [0.2, 0.25) is 0 Å². The summed E-state index contributed by atoms with van der Waals surface area (Å²) in [5, 5.41) is 5.22. The highest BCUT2D eigenvalue weighted by atomic mass is 19.1. The third kappa shape index (κ3) is 0.795. The van der Waals surface area contributed by atoms with Crippen molar-refractivity contribution in [2.45, 2.75) is 0 Å². The average Bonchev–Trinajstić information content (AvgIpc) is 2.35. The SMILES string of the molecule is Nc1cc2c(=O)[nH][nH]c2cc1F. The van der Waals surface area contributed by atoms with Crippen LogP contribution in [0.1, 0.15) is 0 Å². The zero-order valence-corrected chi connectivity index (χ0v) is 6.02. The molecule has 1 heterocycles. The molecule has 1 aromatic heterocycles. The number of aromatic nitrogens is 2. The Morgan fingerprint density at radius 2 is 2.08 bits per heavy atom. The Hall–Kier alpha value is -1.78. The van der Waals surface area contributed by atoms with Crippen LogP contribution in [0, 0.1) is 5.82 Å². The number of hydrogen-bond acceptors (Lipinski definition) is 2. The number of rotatable bonds is 0. The maximum atomic E-state index is 12.8. The molecule has 0 aliphatic carbocycles. The van der Waals surface area contributed by atoms with E-state index in [1.54, 1.807) is 0 Å². The van der Waals surface area contributed by atoms with Gasteiger partial charge < -0.3 is 5.73 Å². The zero-order chi connectivity index (χ0) is 8.72. The third-order valence-electron chi connectivity index (χ3n) is 1.69. The van der Waals surface area contributed by atoms with Crippen LogP contribution in [0.25, 0.3) is 10.9 Å². The van der Waals surface area contributed by atoms with Crippen molar-refractivity contribution in [2.75, 3.05) is 5.73 Å². The van der Waals surface area contributed by atoms with E-state index in [2.05, 4.69) is 10.2 Å². The Bertz CT molecular complexity index is 485. The van der Waals surface area contributed by atoms with Crippen molar-refractivity contribution in [3.63, 3.8) is 0 Å². The van der Waals surface area contributed by atoms with E-state index in [9.17, 15) is 9.18 Å². The first kappa shape index (κ1) is 6.90. The number of benzene rings is 1. The fraction of sp³-hybridized carbons (Fsp3) is 0. The quantitative estimate of drug-likeness (QED) is 0.502. The largest absolute Gasteiger partial charge is 0.396 e. The van der Waals surface area contributed by atoms with Crippen LogP contribution in [0.15, 0.2) is 16.9 Å². The Labute approximate surface area is 66.2 Å². The highest BCUT2D eigenvalue weighted by Gasteiger charge is 2.04. The minimum absolute atomic E-state index is 0.0207. The lowest BCUT2D eigenvalue weighted by Crippen LogP contribution is -1.98. The first-order valence-corrected chi connectivity index (χ1v) is 3.34. The van der Waals surface area contributed by atoms with Crippen molar-refractivity contribution >= 4 is 16.6 Å². The number of H-pyrrole nitrogens is 2. The first-order chi connectivity index (χ1) is 5.68. The van der Waals surface area contributed by atoms with Crippen LogP contribution in [0.4, 0.5) is 10.1 Å². The number of anilines is 1. The normalized spacial score (nSPS) is 10.8. The molecule has 62 valence electrons. The second-order valence-electron chi connectivity index (χ2n) is 2.50. The summed E-state index contributed by atoms with van der Waals surface area (Å²) < 4.78 is 12.8. The topological polar surface area (TPSA) is 74.7 Å². The van der Waals surface area contributed by atoms with Gasteiger partial charge in [-0.1, -0.05) is 0 Å². The summed E-state index contributed by atoms with van der Waals surface area (Å²) in [7, 11) is 0. The van der Waals surface area contributed by atoms with E-state index in [0.717, 1.165) is 0 Å². The van der Waals surface area contributed by atoms with Gasteiger partial charge in [-0.15, -0.1) is 0 Å². The van der Waals surface area contributed by atoms with Crippen LogP contribution in [0.3, 0.4) is 0 Å². The summed E-state index contributed by atoms with van der Waals surface area (Å²) in [6, 6.07) is 2.49. The third-order valence-corrected chi connectivity index (χ3v) is 1.69. The van der Waals surface area contributed by atoms with Gasteiger partial charge in [0.05, 0.1) is 16.6 Å². The number of nitrogens with one attached hydrogen (secondary N) is 2. The highest BCUT2D eigenvalue weighted by Crippen LogP contribution is 2.15. The molecule has 0 radical (unpaired) electrons. The Kier molecular flexibility index (Phi) is 1.21. The van der Waals surface area contributed by atoms with Crippen molar-refractivity contribution in [3.8, 4) is 0 Å². The molecule has 0 aliphatic heterocycles. The van der Waals surface area contributed by atoms with Crippen LogP contribution in [0.2, 0.25) is 0 Å². The van der Waals surface area contributed by atoms with E-state index in [-0.39, 0.29) is 11.2 Å². The summed E-state index contributed by atoms with van der Waals surface area (Å²) in [5.74, 6) is -0.530. The second-order valence-corrected chi connectivity index (χ2v) is 2.50. The summed E-state index contributed by atoms with van der Waals surface area (Å²) in [5.41, 5.74) is 5.38. The van der Waals surface area contributed by atoms with Gasteiger partial charge in [0, 0.05) is 6.07 Å². The van der Waals surface area contributed by atoms with Crippen molar-refractivity contribution in [1.82, 2.24) is 10.2 Å². The minimum atomic E-state index is -0.530. The number of hydrogen-bond donors (Lipinski definition) is 3. The van der Waals surface area contributed by atoms with Gasteiger partial charge in [-0.2, -0.15) is 0 Å². The van der Waals surface area contributed by atoms with Crippen LogP contribution >= 0.6 is 0 Å². The number of nitrogens with two attached hydrogens (primary N) is 1. The van der Waals surface area contributed by atoms with Crippen molar-refractivity contribution in [3.05, 3.63) is 28.3 Å². The van der Waals surface area contributed by atoms with Gasteiger partial charge in [-0.05, 0) is 6.07 Å². The van der Waals surface area contributed by atoms with E-state index in [1.807, 2.05) is 0 Å². The number of halogens is 1. The second kappa shape index (κ2) is 2.10. The molecule has 2 rings (SSSR count). The van der Waals surface area contributed by atoms with Gasteiger partial charge in [0.25, 0.3) is 5.56 Å². The molecule has 4 N–H and O–H groups in total. The number of aromatic amines is 2.